The summed E-state index contributed by atoms with van der Waals surface area (Å²) in [6.45, 7) is 1.51. The molecule has 0 aliphatic heterocycles. The molecule has 0 heterocycles. The zero-order valence-corrected chi connectivity index (χ0v) is 11.2. The summed E-state index contributed by atoms with van der Waals surface area (Å²) in [5, 5.41) is 11.3. The first-order valence-electron chi connectivity index (χ1n) is 5.51. The third-order valence-electron chi connectivity index (χ3n) is 2.49. The molecule has 5 nitrogen and oxygen atoms in total. The van der Waals surface area contributed by atoms with Gasteiger partial charge in [0, 0.05) is 18.6 Å². The highest BCUT2D eigenvalue weighted by Crippen LogP contribution is 2.19. The normalized spacial score (nSPS) is 11.8. The predicted octanol–water partition coefficient (Wildman–Crippen LogP) is 2.66. The summed E-state index contributed by atoms with van der Waals surface area (Å²) in [5.41, 5.74) is -0.00997. The highest BCUT2D eigenvalue weighted by atomic mass is 35.5. The highest BCUT2D eigenvalue weighted by Gasteiger charge is 2.18. The summed E-state index contributed by atoms with van der Waals surface area (Å²) in [5.74, 6) is -2.36. The minimum Gasteiger partial charge on any atom is -0.481 e. The smallest absolute Gasteiger partial charge is 0.321 e. The van der Waals surface area contributed by atoms with Crippen molar-refractivity contribution in [2.75, 3.05) is 18.9 Å². The van der Waals surface area contributed by atoms with Crippen LogP contribution in [-0.4, -0.2) is 35.6 Å². The molecule has 1 aromatic carbocycles. The van der Waals surface area contributed by atoms with Gasteiger partial charge in [0.1, 0.15) is 5.82 Å². The number of carbonyl (C=O) groups is 2. The molecule has 0 fully saturated rings. The minimum absolute atomic E-state index is 0.00997. The number of rotatable bonds is 4. The Morgan fingerprint density at radius 3 is 2.68 bits per heavy atom. The lowest BCUT2D eigenvalue weighted by Gasteiger charge is -2.20. The molecule has 104 valence electrons. The van der Waals surface area contributed by atoms with Crippen LogP contribution >= 0.6 is 11.6 Å². The van der Waals surface area contributed by atoms with E-state index in [4.69, 9.17) is 16.7 Å². The average molecular weight is 289 g/mol. The Kier molecular flexibility index (Phi) is 5.11. The second-order valence-electron chi connectivity index (χ2n) is 4.17. The van der Waals surface area contributed by atoms with E-state index in [-0.39, 0.29) is 17.3 Å². The van der Waals surface area contributed by atoms with Gasteiger partial charge in [0.05, 0.1) is 11.6 Å². The van der Waals surface area contributed by atoms with Crippen LogP contribution < -0.4 is 5.32 Å². The van der Waals surface area contributed by atoms with Crippen molar-refractivity contribution >= 4 is 29.3 Å². The number of nitrogens with one attached hydrogen (secondary N) is 1. The van der Waals surface area contributed by atoms with Gasteiger partial charge in [-0.1, -0.05) is 18.5 Å². The summed E-state index contributed by atoms with van der Waals surface area (Å²) in [6, 6.07) is 3.27. The first-order chi connectivity index (χ1) is 8.81. The van der Waals surface area contributed by atoms with Crippen LogP contribution in [-0.2, 0) is 4.79 Å². The van der Waals surface area contributed by atoms with Crippen LogP contribution in [0.5, 0.6) is 0 Å². The summed E-state index contributed by atoms with van der Waals surface area (Å²) in [7, 11) is 1.43. The second kappa shape index (κ2) is 6.38. The molecular weight excluding hydrogens is 275 g/mol. The van der Waals surface area contributed by atoms with Crippen LogP contribution in [0.3, 0.4) is 0 Å². The number of hydrogen-bond donors (Lipinski definition) is 2. The molecule has 0 aliphatic carbocycles. The van der Waals surface area contributed by atoms with E-state index in [1.54, 1.807) is 0 Å². The number of hydrogen-bond acceptors (Lipinski definition) is 2. The SMILES string of the molecule is CC(CN(C)C(=O)Nc1ccc(Cl)cc1F)C(=O)O. The molecule has 0 saturated heterocycles. The number of urea groups is 1. The van der Waals surface area contributed by atoms with Gasteiger partial charge in [-0.3, -0.25) is 4.79 Å². The van der Waals surface area contributed by atoms with Gasteiger partial charge in [0.2, 0.25) is 0 Å². The zero-order chi connectivity index (χ0) is 14.6. The van der Waals surface area contributed by atoms with E-state index in [1.807, 2.05) is 0 Å². The molecule has 7 heteroatoms. The Labute approximate surface area is 115 Å². The molecule has 1 unspecified atom stereocenters. The van der Waals surface area contributed by atoms with Crippen molar-refractivity contribution in [3.63, 3.8) is 0 Å². The lowest BCUT2D eigenvalue weighted by atomic mass is 10.2. The van der Waals surface area contributed by atoms with E-state index in [0.717, 1.165) is 6.07 Å². The molecule has 0 saturated carbocycles. The third kappa shape index (κ3) is 4.40. The number of amides is 2. The fourth-order valence-electron chi connectivity index (χ4n) is 1.37. The summed E-state index contributed by atoms with van der Waals surface area (Å²) < 4.78 is 13.5. The van der Waals surface area contributed by atoms with Gasteiger partial charge < -0.3 is 15.3 Å². The van der Waals surface area contributed by atoms with Gasteiger partial charge in [-0.25, -0.2) is 9.18 Å². The Hall–Kier alpha value is -1.82. The van der Waals surface area contributed by atoms with E-state index in [0.29, 0.717) is 0 Å². The van der Waals surface area contributed by atoms with E-state index >= 15 is 0 Å². The van der Waals surface area contributed by atoms with Crippen molar-refractivity contribution in [3.05, 3.63) is 29.0 Å². The second-order valence-corrected chi connectivity index (χ2v) is 4.61. The Morgan fingerprint density at radius 2 is 2.16 bits per heavy atom. The van der Waals surface area contributed by atoms with Crippen molar-refractivity contribution in [2.24, 2.45) is 5.92 Å². The van der Waals surface area contributed by atoms with Gasteiger partial charge >= 0.3 is 12.0 Å². The molecule has 1 aromatic rings. The monoisotopic (exact) mass is 288 g/mol. The fraction of sp³-hybridized carbons (Fsp3) is 0.333. The van der Waals surface area contributed by atoms with Crippen molar-refractivity contribution in [1.82, 2.24) is 4.90 Å². The average Bonchev–Trinajstić information content (AvgIpc) is 2.32. The molecule has 0 aromatic heterocycles. The standard InChI is InChI=1S/C12H14ClFN2O3/c1-7(11(17)18)6-16(2)12(19)15-10-4-3-8(13)5-9(10)14/h3-5,7H,6H2,1-2H3,(H,15,19)(H,17,18). The molecule has 19 heavy (non-hydrogen) atoms. The number of carboxylic acids is 1. The lowest BCUT2D eigenvalue weighted by Crippen LogP contribution is -2.36. The van der Waals surface area contributed by atoms with Crippen LogP contribution in [0.15, 0.2) is 18.2 Å². The number of anilines is 1. The largest absolute Gasteiger partial charge is 0.481 e. The summed E-state index contributed by atoms with van der Waals surface area (Å²) in [6.07, 6.45) is 0. The van der Waals surface area contributed by atoms with Crippen molar-refractivity contribution in [1.29, 1.82) is 0 Å². The van der Waals surface area contributed by atoms with Crippen LogP contribution in [0.1, 0.15) is 6.92 Å². The molecular formula is C12H14ClFN2O3. The van der Waals surface area contributed by atoms with Gasteiger partial charge in [-0.05, 0) is 18.2 Å². The Morgan fingerprint density at radius 1 is 1.53 bits per heavy atom. The van der Waals surface area contributed by atoms with Crippen LogP contribution in [0, 0.1) is 11.7 Å². The first-order valence-corrected chi connectivity index (χ1v) is 5.89. The molecule has 1 rings (SSSR count). The fourth-order valence-corrected chi connectivity index (χ4v) is 1.53. The van der Waals surface area contributed by atoms with Crippen molar-refractivity contribution in [2.45, 2.75) is 6.92 Å². The Bertz CT molecular complexity index is 496. The number of halogens is 2. The van der Waals surface area contributed by atoms with Crippen molar-refractivity contribution in [3.8, 4) is 0 Å². The molecule has 0 radical (unpaired) electrons. The maximum absolute atomic E-state index is 13.5. The van der Waals surface area contributed by atoms with Gasteiger partial charge in [-0.15, -0.1) is 0 Å². The van der Waals surface area contributed by atoms with E-state index in [1.165, 1.54) is 31.0 Å². The summed E-state index contributed by atoms with van der Waals surface area (Å²) >= 11 is 5.59. The number of aliphatic carboxylic acids is 1. The van der Waals surface area contributed by atoms with Crippen LogP contribution in [0.4, 0.5) is 14.9 Å². The molecule has 0 aliphatic rings. The molecule has 1 atom stereocenters. The predicted molar refractivity (Wildman–Crippen MR) is 69.9 cm³/mol. The van der Waals surface area contributed by atoms with E-state index in [2.05, 4.69) is 5.32 Å². The molecule has 0 bridgehead atoms. The molecule has 0 spiro atoms. The van der Waals surface area contributed by atoms with Crippen LogP contribution in [0.25, 0.3) is 0 Å². The lowest BCUT2D eigenvalue weighted by molar-refractivity contribution is -0.141. The van der Waals surface area contributed by atoms with E-state index < -0.39 is 23.7 Å². The van der Waals surface area contributed by atoms with E-state index in [9.17, 15) is 14.0 Å². The van der Waals surface area contributed by atoms with Gasteiger partial charge in [0.15, 0.2) is 0 Å². The maximum Gasteiger partial charge on any atom is 0.321 e. The summed E-state index contributed by atoms with van der Waals surface area (Å²) in [4.78, 5) is 23.6. The topological polar surface area (TPSA) is 69.6 Å². The third-order valence-corrected chi connectivity index (χ3v) is 2.72. The van der Waals surface area contributed by atoms with Gasteiger partial charge in [0.25, 0.3) is 0 Å². The molecule has 2 amide bonds. The van der Waals surface area contributed by atoms with Crippen molar-refractivity contribution < 1.29 is 19.1 Å². The minimum atomic E-state index is -1.00. The quantitative estimate of drug-likeness (QED) is 0.895. The molecule has 2 N–H and O–H groups in total. The first kappa shape index (κ1) is 15.2. The highest BCUT2D eigenvalue weighted by molar-refractivity contribution is 6.30. The number of nitrogens with zero attached hydrogens (tertiary/aromatic N) is 1. The Balaban J connectivity index is 2.66. The van der Waals surface area contributed by atoms with Crippen LogP contribution in [0.2, 0.25) is 5.02 Å². The number of carbonyl (C=O) groups excluding carboxylic acids is 1. The number of benzene rings is 1. The zero-order valence-electron chi connectivity index (χ0n) is 10.5. The maximum atomic E-state index is 13.5. The number of carboxylic acid groups (broad SMARTS) is 1. The van der Waals surface area contributed by atoms with Gasteiger partial charge in [-0.2, -0.15) is 0 Å².